The Kier molecular flexibility index (Phi) is 4.55. The van der Waals surface area contributed by atoms with E-state index in [0.29, 0.717) is 18.9 Å². The zero-order valence-corrected chi connectivity index (χ0v) is 15.7. The minimum Gasteiger partial charge on any atom is -0.464 e. The number of rotatable bonds is 4. The molecule has 2 fully saturated rings. The van der Waals surface area contributed by atoms with Gasteiger partial charge in [-0.05, 0) is 33.8 Å². The van der Waals surface area contributed by atoms with E-state index in [4.69, 9.17) is 18.8 Å². The Morgan fingerprint density at radius 2 is 1.80 bits per heavy atom. The van der Waals surface area contributed by atoms with E-state index in [-0.39, 0.29) is 11.8 Å². The van der Waals surface area contributed by atoms with Crippen LogP contribution in [0.4, 0.5) is 5.82 Å². The molecule has 2 aliphatic rings. The van der Waals surface area contributed by atoms with Crippen molar-refractivity contribution in [2.75, 3.05) is 32.2 Å². The highest BCUT2D eigenvalue weighted by Crippen LogP contribution is 2.37. The summed E-state index contributed by atoms with van der Waals surface area (Å²) in [5.74, 6) is 0.209. The zero-order chi connectivity index (χ0) is 18.4. The monoisotopic (exact) mass is 348 g/mol. The average Bonchev–Trinajstić information content (AvgIpc) is 2.73. The largest absolute Gasteiger partial charge is 0.498 e. The molecule has 7 nitrogen and oxygen atoms in total. The van der Waals surface area contributed by atoms with Crippen LogP contribution in [0.2, 0.25) is 0 Å². The van der Waals surface area contributed by atoms with Gasteiger partial charge in [-0.3, -0.25) is 0 Å². The van der Waals surface area contributed by atoms with E-state index in [2.05, 4.69) is 9.88 Å². The minimum atomic E-state index is -0.541. The number of nitrogens with zero attached hydrogens (tertiary/aromatic N) is 2. The number of anilines is 1. The number of aromatic nitrogens is 1. The molecule has 0 N–H and O–H groups in total. The van der Waals surface area contributed by atoms with Crippen LogP contribution in [-0.2, 0) is 18.8 Å². The number of ether oxygens (including phenoxy) is 2. The van der Waals surface area contributed by atoms with E-state index in [0.717, 1.165) is 5.46 Å². The molecule has 25 heavy (non-hydrogen) atoms. The van der Waals surface area contributed by atoms with Crippen LogP contribution in [0.25, 0.3) is 0 Å². The fraction of sp³-hybridized carbons (Fsp3) is 0.647. The zero-order valence-electron chi connectivity index (χ0n) is 15.7. The number of esters is 1. The van der Waals surface area contributed by atoms with Crippen LogP contribution in [0.1, 0.15) is 38.2 Å². The van der Waals surface area contributed by atoms with E-state index in [1.807, 2.05) is 33.8 Å². The predicted octanol–water partition coefficient (Wildman–Crippen LogP) is 1.00. The number of carbonyl (C=O) groups is 1. The van der Waals surface area contributed by atoms with Gasteiger partial charge >= 0.3 is 13.1 Å². The van der Waals surface area contributed by atoms with Crippen molar-refractivity contribution >= 4 is 24.4 Å². The molecule has 0 unspecified atom stereocenters. The van der Waals surface area contributed by atoms with Crippen molar-refractivity contribution < 1.29 is 23.6 Å². The summed E-state index contributed by atoms with van der Waals surface area (Å²) >= 11 is 0. The fourth-order valence-corrected chi connectivity index (χ4v) is 2.84. The summed E-state index contributed by atoms with van der Waals surface area (Å²) in [6, 6.07) is 3.47. The predicted molar refractivity (Wildman–Crippen MR) is 94.3 cm³/mol. The molecule has 0 atom stereocenters. The first-order valence-electron chi connectivity index (χ1n) is 8.41. The maximum Gasteiger partial charge on any atom is 0.498 e. The van der Waals surface area contributed by atoms with Crippen LogP contribution in [0, 0.1) is 0 Å². The first-order chi connectivity index (χ1) is 11.7. The number of hydrogen-bond acceptors (Lipinski definition) is 7. The summed E-state index contributed by atoms with van der Waals surface area (Å²) in [4.78, 5) is 18.4. The highest BCUT2D eigenvalue weighted by atomic mass is 16.7. The molecule has 2 saturated heterocycles. The number of pyridine rings is 1. The Bertz CT molecular complexity index is 657. The van der Waals surface area contributed by atoms with Gasteiger partial charge < -0.3 is 23.7 Å². The van der Waals surface area contributed by atoms with E-state index in [9.17, 15) is 4.79 Å². The topological polar surface area (TPSA) is 70.1 Å². The highest BCUT2D eigenvalue weighted by molar-refractivity contribution is 6.63. The average molecular weight is 348 g/mol. The second-order valence-electron chi connectivity index (χ2n) is 7.45. The number of hydrogen-bond donors (Lipinski definition) is 0. The maximum atomic E-state index is 11.9. The Labute approximate surface area is 148 Å². The summed E-state index contributed by atoms with van der Waals surface area (Å²) in [6.45, 7) is 9.45. The van der Waals surface area contributed by atoms with E-state index < -0.39 is 24.3 Å². The molecular weight excluding hydrogens is 323 g/mol. The minimum absolute atomic E-state index is 0.162. The molecule has 8 heteroatoms. The molecule has 0 amide bonds. The first-order valence-corrected chi connectivity index (χ1v) is 8.41. The molecule has 3 rings (SSSR count). The van der Waals surface area contributed by atoms with Gasteiger partial charge in [0.1, 0.15) is 5.82 Å². The van der Waals surface area contributed by atoms with Crippen LogP contribution in [0.5, 0.6) is 0 Å². The van der Waals surface area contributed by atoms with Crippen molar-refractivity contribution in [1.29, 1.82) is 0 Å². The third-order valence-electron chi connectivity index (χ3n) is 5.29. The van der Waals surface area contributed by atoms with Gasteiger partial charge in [0, 0.05) is 25.7 Å². The first kappa shape index (κ1) is 18.2. The van der Waals surface area contributed by atoms with E-state index in [1.54, 1.807) is 13.2 Å². The van der Waals surface area contributed by atoms with Crippen LogP contribution in [-0.4, -0.2) is 62.7 Å². The molecule has 0 aliphatic carbocycles. The molecule has 0 bridgehead atoms. The van der Waals surface area contributed by atoms with Gasteiger partial charge in [-0.25, -0.2) is 9.78 Å². The van der Waals surface area contributed by atoms with Crippen LogP contribution in [0.15, 0.2) is 12.1 Å². The SMILES string of the molecule is COC(=O)c1ccc(B2OC(C)(C)C(C)(C)O2)c(N2CC(OC)C2)n1. The fourth-order valence-electron chi connectivity index (χ4n) is 2.84. The number of carbonyl (C=O) groups excluding carboxylic acids is 1. The summed E-state index contributed by atoms with van der Waals surface area (Å²) in [5.41, 5.74) is 0.180. The molecule has 3 heterocycles. The summed E-state index contributed by atoms with van der Waals surface area (Å²) in [7, 11) is 2.49. The quantitative estimate of drug-likeness (QED) is 0.594. The molecule has 136 valence electrons. The van der Waals surface area contributed by atoms with Crippen LogP contribution >= 0.6 is 0 Å². The van der Waals surface area contributed by atoms with E-state index >= 15 is 0 Å². The summed E-state index contributed by atoms with van der Waals surface area (Å²) < 4.78 is 22.4. The molecule has 1 aromatic heterocycles. The summed E-state index contributed by atoms with van der Waals surface area (Å²) in [6.07, 6.45) is 0.162. The van der Waals surface area contributed by atoms with Gasteiger partial charge in [-0.1, -0.05) is 6.07 Å². The van der Waals surface area contributed by atoms with Crippen molar-refractivity contribution in [2.24, 2.45) is 0 Å². The summed E-state index contributed by atoms with van der Waals surface area (Å²) in [5, 5.41) is 0. The van der Waals surface area contributed by atoms with Gasteiger partial charge in [-0.15, -0.1) is 0 Å². The number of methoxy groups -OCH3 is 2. The van der Waals surface area contributed by atoms with Gasteiger partial charge in [0.15, 0.2) is 5.69 Å². The molecule has 0 saturated carbocycles. The second-order valence-corrected chi connectivity index (χ2v) is 7.45. The highest BCUT2D eigenvalue weighted by Gasteiger charge is 2.53. The van der Waals surface area contributed by atoms with E-state index in [1.165, 1.54) is 7.11 Å². The van der Waals surface area contributed by atoms with Crippen molar-refractivity contribution in [1.82, 2.24) is 4.98 Å². The third kappa shape index (κ3) is 3.14. The van der Waals surface area contributed by atoms with Crippen molar-refractivity contribution in [3.8, 4) is 0 Å². The Hall–Kier alpha value is -1.64. The molecule has 0 spiro atoms. The van der Waals surface area contributed by atoms with Crippen LogP contribution < -0.4 is 10.4 Å². The lowest BCUT2D eigenvalue weighted by molar-refractivity contribution is 0.00578. The standard InChI is InChI=1S/C17H25BN2O5/c1-16(2)17(3,4)25-18(24-16)12-7-8-13(15(21)23-6)19-14(12)20-9-11(10-20)22-5/h7-8,11H,9-10H2,1-6H3. The van der Waals surface area contributed by atoms with Gasteiger partial charge in [0.25, 0.3) is 0 Å². The molecular formula is C17H25BN2O5. The Balaban J connectivity index is 1.95. The lowest BCUT2D eigenvalue weighted by Gasteiger charge is -2.40. The smallest absolute Gasteiger partial charge is 0.464 e. The Morgan fingerprint density at radius 3 is 2.32 bits per heavy atom. The van der Waals surface area contributed by atoms with Crippen molar-refractivity contribution in [3.63, 3.8) is 0 Å². The lowest BCUT2D eigenvalue weighted by Crippen LogP contribution is -2.55. The van der Waals surface area contributed by atoms with Gasteiger partial charge in [0.05, 0.1) is 24.4 Å². The molecule has 2 aliphatic heterocycles. The molecule has 0 radical (unpaired) electrons. The second kappa shape index (κ2) is 6.27. The maximum absolute atomic E-state index is 11.9. The van der Waals surface area contributed by atoms with Crippen molar-refractivity contribution in [2.45, 2.75) is 45.0 Å². The van der Waals surface area contributed by atoms with Gasteiger partial charge in [-0.2, -0.15) is 0 Å². The van der Waals surface area contributed by atoms with Gasteiger partial charge in [0.2, 0.25) is 0 Å². The normalized spacial score (nSPS) is 22.0. The lowest BCUT2D eigenvalue weighted by atomic mass is 9.78. The van der Waals surface area contributed by atoms with Crippen molar-refractivity contribution in [3.05, 3.63) is 17.8 Å². The Morgan fingerprint density at radius 1 is 1.20 bits per heavy atom. The van der Waals surface area contributed by atoms with Crippen LogP contribution in [0.3, 0.4) is 0 Å². The molecule has 0 aromatic carbocycles. The molecule has 1 aromatic rings. The third-order valence-corrected chi connectivity index (χ3v) is 5.29.